The van der Waals surface area contributed by atoms with Crippen LogP contribution in [0.1, 0.15) is 0 Å². The lowest BCUT2D eigenvalue weighted by atomic mass is 10.0. The second-order valence-corrected chi connectivity index (χ2v) is 2.48. The smallest absolute Gasteiger partial charge is 0.111 e. The van der Waals surface area contributed by atoms with E-state index in [1.807, 2.05) is 0 Å². The van der Waals surface area contributed by atoms with Gasteiger partial charge in [0, 0.05) is 0 Å². The van der Waals surface area contributed by atoms with Crippen LogP contribution in [-0.4, -0.2) is 79.2 Å². The molecule has 0 aromatic rings. The minimum atomic E-state index is -1.67. The topological polar surface area (TPSA) is 184 Å². The van der Waals surface area contributed by atoms with Crippen LogP contribution in [0.4, 0.5) is 0 Å². The molecule has 0 fully saturated rings. The summed E-state index contributed by atoms with van der Waals surface area (Å²) in [6.45, 7) is -1.45. The lowest BCUT2D eigenvalue weighted by molar-refractivity contribution is -0.123. The summed E-state index contributed by atoms with van der Waals surface area (Å²) in [5.74, 6) is 0. The molecule has 0 heterocycles. The maximum absolute atomic E-state index is 8.96. The van der Waals surface area contributed by atoms with E-state index in [4.69, 9.17) is 30.6 Å². The van der Waals surface area contributed by atoms with Gasteiger partial charge in [-0.05, 0) is 0 Å². The molecule has 0 saturated carbocycles. The Hall–Kier alpha value is -0.320. The third-order valence-corrected chi connectivity index (χ3v) is 1.51. The average Bonchev–Trinajstić information content (AvgIpc) is 2.12. The number of aliphatic hydroxyl groups is 6. The highest BCUT2D eigenvalue weighted by molar-refractivity contribution is 4.79. The fourth-order valence-corrected chi connectivity index (χ4v) is 0.671. The normalized spacial score (nSPS) is 18.4. The van der Waals surface area contributed by atoms with Gasteiger partial charge in [-0.3, -0.25) is 0 Å². The molecule has 4 atom stereocenters. The minimum Gasteiger partial charge on any atom is -0.412 e. The van der Waals surface area contributed by atoms with Crippen LogP contribution < -0.4 is 0 Å². The van der Waals surface area contributed by atoms with Crippen molar-refractivity contribution < 1.29 is 41.6 Å². The lowest BCUT2D eigenvalue weighted by Gasteiger charge is -2.24. The van der Waals surface area contributed by atoms with Gasteiger partial charge in [0.05, 0.1) is 13.2 Å². The van der Waals surface area contributed by atoms with Crippen molar-refractivity contribution in [3.63, 3.8) is 0 Å². The molecule has 0 aliphatic rings. The Balaban J connectivity index is -0.000000605. The van der Waals surface area contributed by atoms with E-state index < -0.39 is 37.6 Å². The third-order valence-electron chi connectivity index (χ3n) is 1.51. The zero-order valence-corrected chi connectivity index (χ0v) is 7.41. The molecule has 14 heavy (non-hydrogen) atoms. The molecule has 0 radical (unpaired) electrons. The van der Waals surface area contributed by atoms with Crippen molar-refractivity contribution in [2.45, 2.75) is 24.4 Å². The van der Waals surface area contributed by atoms with Crippen LogP contribution in [0.25, 0.3) is 0 Å². The van der Waals surface area contributed by atoms with E-state index in [9.17, 15) is 0 Å². The fraction of sp³-hybridized carbons (Fsp3) is 1.00. The van der Waals surface area contributed by atoms with E-state index in [0.29, 0.717) is 0 Å². The standard InChI is InChI=1S/C6H14O6.2H2O/c7-1-3(9)5(11)6(12)4(10)2-8;;/h3-12H,1-2H2;2*1H2/t3-,4-,5-,6-;;/m1../s1. The first kappa shape index (κ1) is 19.3. The highest BCUT2D eigenvalue weighted by Gasteiger charge is 2.29. The third kappa shape index (κ3) is 5.42. The highest BCUT2D eigenvalue weighted by atomic mass is 16.4. The molecule has 0 aliphatic carbocycles. The van der Waals surface area contributed by atoms with Crippen LogP contribution >= 0.6 is 0 Å². The Morgan fingerprint density at radius 3 is 1.00 bits per heavy atom. The van der Waals surface area contributed by atoms with Crippen molar-refractivity contribution >= 4 is 0 Å². The predicted molar refractivity (Wildman–Crippen MR) is 45.4 cm³/mol. The van der Waals surface area contributed by atoms with Crippen LogP contribution in [-0.2, 0) is 0 Å². The summed E-state index contributed by atoms with van der Waals surface area (Å²) in [7, 11) is 0. The monoisotopic (exact) mass is 218 g/mol. The zero-order valence-electron chi connectivity index (χ0n) is 7.41. The average molecular weight is 218 g/mol. The largest absolute Gasteiger partial charge is 0.412 e. The molecule has 10 N–H and O–H groups in total. The van der Waals surface area contributed by atoms with Crippen molar-refractivity contribution in [3.05, 3.63) is 0 Å². The van der Waals surface area contributed by atoms with Gasteiger partial charge in [-0.1, -0.05) is 0 Å². The zero-order chi connectivity index (χ0) is 9.72. The van der Waals surface area contributed by atoms with Crippen LogP contribution in [0.15, 0.2) is 0 Å². The van der Waals surface area contributed by atoms with Gasteiger partial charge >= 0.3 is 0 Å². The Kier molecular flexibility index (Phi) is 12.7. The van der Waals surface area contributed by atoms with Gasteiger partial charge in [0.15, 0.2) is 0 Å². The van der Waals surface area contributed by atoms with E-state index in [2.05, 4.69) is 0 Å². The minimum absolute atomic E-state index is 0. The summed E-state index contributed by atoms with van der Waals surface area (Å²) >= 11 is 0. The molecule has 0 aliphatic heterocycles. The predicted octanol–water partition coefficient (Wildman–Crippen LogP) is -5.23. The number of rotatable bonds is 5. The summed E-state index contributed by atoms with van der Waals surface area (Å²) in [4.78, 5) is 0. The molecule has 8 nitrogen and oxygen atoms in total. The molecule has 0 rings (SSSR count). The molecule has 0 saturated heterocycles. The highest BCUT2D eigenvalue weighted by Crippen LogP contribution is 2.03. The Morgan fingerprint density at radius 2 is 0.857 bits per heavy atom. The van der Waals surface area contributed by atoms with E-state index >= 15 is 0 Å². The summed E-state index contributed by atoms with van der Waals surface area (Å²) in [6.07, 6.45) is -6.39. The summed E-state index contributed by atoms with van der Waals surface area (Å²) < 4.78 is 0. The molecule has 90 valence electrons. The van der Waals surface area contributed by atoms with Crippen molar-refractivity contribution in [2.75, 3.05) is 13.2 Å². The first-order valence-corrected chi connectivity index (χ1v) is 3.48. The van der Waals surface area contributed by atoms with Gasteiger partial charge in [-0.2, -0.15) is 0 Å². The molecule has 0 bridgehead atoms. The van der Waals surface area contributed by atoms with Crippen LogP contribution in [0, 0.1) is 0 Å². The quantitative estimate of drug-likeness (QED) is 0.267. The molecular formula is C6H18O8. The van der Waals surface area contributed by atoms with Crippen molar-refractivity contribution in [2.24, 2.45) is 0 Å². The molecular weight excluding hydrogens is 200 g/mol. The van der Waals surface area contributed by atoms with E-state index in [1.54, 1.807) is 0 Å². The molecule has 0 unspecified atom stereocenters. The maximum Gasteiger partial charge on any atom is 0.111 e. The van der Waals surface area contributed by atoms with Gasteiger partial charge in [0.1, 0.15) is 24.4 Å². The van der Waals surface area contributed by atoms with Crippen LogP contribution in [0.2, 0.25) is 0 Å². The maximum atomic E-state index is 8.96. The van der Waals surface area contributed by atoms with Crippen LogP contribution in [0.5, 0.6) is 0 Å². The molecule has 0 aromatic carbocycles. The Morgan fingerprint density at radius 1 is 0.643 bits per heavy atom. The van der Waals surface area contributed by atoms with Crippen molar-refractivity contribution in [1.29, 1.82) is 0 Å². The summed E-state index contributed by atoms with van der Waals surface area (Å²) in [5, 5.41) is 52.2. The number of hydrogen-bond donors (Lipinski definition) is 6. The van der Waals surface area contributed by atoms with Gasteiger partial charge in [0.2, 0.25) is 0 Å². The van der Waals surface area contributed by atoms with Gasteiger partial charge < -0.3 is 41.6 Å². The lowest BCUT2D eigenvalue weighted by Crippen LogP contribution is -2.46. The molecule has 0 amide bonds. The summed E-state index contributed by atoms with van der Waals surface area (Å²) in [5.41, 5.74) is 0. The molecule has 0 aromatic heterocycles. The van der Waals surface area contributed by atoms with Crippen molar-refractivity contribution in [1.82, 2.24) is 0 Å². The van der Waals surface area contributed by atoms with Gasteiger partial charge in [-0.15, -0.1) is 0 Å². The van der Waals surface area contributed by atoms with E-state index in [0.717, 1.165) is 0 Å². The first-order chi connectivity index (χ1) is 5.54. The number of hydrogen-bond acceptors (Lipinski definition) is 6. The van der Waals surface area contributed by atoms with Crippen molar-refractivity contribution in [3.8, 4) is 0 Å². The van der Waals surface area contributed by atoms with Crippen LogP contribution in [0.3, 0.4) is 0 Å². The fourth-order valence-electron chi connectivity index (χ4n) is 0.671. The SMILES string of the molecule is O.O.OC[C@@H](O)[C@@H](O)[C@H](O)[C@H](O)CO. The van der Waals surface area contributed by atoms with Gasteiger partial charge in [-0.25, -0.2) is 0 Å². The molecule has 8 heteroatoms. The second kappa shape index (κ2) is 9.24. The molecule has 0 spiro atoms. The van der Waals surface area contributed by atoms with E-state index in [1.165, 1.54) is 0 Å². The first-order valence-electron chi connectivity index (χ1n) is 3.48. The Labute approximate surface area is 80.3 Å². The number of aliphatic hydroxyl groups excluding tert-OH is 6. The summed E-state index contributed by atoms with van der Waals surface area (Å²) in [6, 6.07) is 0. The van der Waals surface area contributed by atoms with E-state index in [-0.39, 0.29) is 11.0 Å². The Bertz CT molecular complexity index is 106. The second-order valence-electron chi connectivity index (χ2n) is 2.48. The van der Waals surface area contributed by atoms with Gasteiger partial charge in [0.25, 0.3) is 0 Å².